The fourth-order valence-electron chi connectivity index (χ4n) is 2.31. The van der Waals surface area contributed by atoms with Crippen molar-refractivity contribution in [3.63, 3.8) is 0 Å². The highest BCUT2D eigenvalue weighted by atomic mass is 16.5. The SMILES string of the molecule is CCOC(=O)c1cnc(NC2(C)CCNCC2)nc1C. The Labute approximate surface area is 119 Å². The number of ether oxygens (including phenoxy) is 1. The minimum Gasteiger partial charge on any atom is -0.462 e. The van der Waals surface area contributed by atoms with Crippen LogP contribution in [-0.2, 0) is 4.74 Å². The van der Waals surface area contributed by atoms with Crippen LogP contribution < -0.4 is 10.6 Å². The molecule has 110 valence electrons. The summed E-state index contributed by atoms with van der Waals surface area (Å²) in [6, 6.07) is 0. The first-order chi connectivity index (χ1) is 9.54. The number of aryl methyl sites for hydroxylation is 1. The van der Waals surface area contributed by atoms with Gasteiger partial charge in [-0.25, -0.2) is 14.8 Å². The number of anilines is 1. The molecule has 20 heavy (non-hydrogen) atoms. The van der Waals surface area contributed by atoms with Crippen molar-refractivity contribution >= 4 is 11.9 Å². The normalized spacial score (nSPS) is 17.6. The van der Waals surface area contributed by atoms with Crippen LogP contribution in [0.2, 0.25) is 0 Å². The fraction of sp³-hybridized carbons (Fsp3) is 0.643. The van der Waals surface area contributed by atoms with Crippen LogP contribution in [0.5, 0.6) is 0 Å². The van der Waals surface area contributed by atoms with E-state index >= 15 is 0 Å². The van der Waals surface area contributed by atoms with Crippen LogP contribution in [0.3, 0.4) is 0 Å². The molecule has 0 aliphatic carbocycles. The molecule has 0 saturated carbocycles. The summed E-state index contributed by atoms with van der Waals surface area (Å²) in [4.78, 5) is 20.3. The Hall–Kier alpha value is -1.69. The smallest absolute Gasteiger partial charge is 0.341 e. The van der Waals surface area contributed by atoms with Crippen molar-refractivity contribution in [2.45, 2.75) is 39.2 Å². The summed E-state index contributed by atoms with van der Waals surface area (Å²) in [5.41, 5.74) is 1.06. The third kappa shape index (κ3) is 3.45. The van der Waals surface area contributed by atoms with Gasteiger partial charge in [0.2, 0.25) is 5.95 Å². The Bertz CT molecular complexity index is 484. The molecule has 2 rings (SSSR count). The topological polar surface area (TPSA) is 76.1 Å². The number of aromatic nitrogens is 2. The van der Waals surface area contributed by atoms with Gasteiger partial charge in [0.1, 0.15) is 0 Å². The molecule has 0 bridgehead atoms. The van der Waals surface area contributed by atoms with Crippen LogP contribution in [0.25, 0.3) is 0 Å². The van der Waals surface area contributed by atoms with Gasteiger partial charge in [-0.05, 0) is 46.7 Å². The maximum absolute atomic E-state index is 11.7. The van der Waals surface area contributed by atoms with E-state index in [1.54, 1.807) is 13.8 Å². The molecule has 0 unspecified atom stereocenters. The molecule has 1 aliphatic heterocycles. The number of hydrogen-bond donors (Lipinski definition) is 2. The summed E-state index contributed by atoms with van der Waals surface area (Å²) in [5.74, 6) is 0.199. The highest BCUT2D eigenvalue weighted by Crippen LogP contribution is 2.22. The number of esters is 1. The number of hydrogen-bond acceptors (Lipinski definition) is 6. The Morgan fingerprint density at radius 3 is 2.80 bits per heavy atom. The van der Waals surface area contributed by atoms with Gasteiger partial charge in [-0.1, -0.05) is 0 Å². The van der Waals surface area contributed by atoms with Gasteiger partial charge in [0.15, 0.2) is 0 Å². The van der Waals surface area contributed by atoms with Gasteiger partial charge >= 0.3 is 5.97 Å². The lowest BCUT2D eigenvalue weighted by Gasteiger charge is -2.35. The average Bonchev–Trinajstić information content (AvgIpc) is 2.39. The van der Waals surface area contributed by atoms with E-state index in [9.17, 15) is 4.79 Å². The quantitative estimate of drug-likeness (QED) is 0.813. The van der Waals surface area contributed by atoms with E-state index in [2.05, 4.69) is 27.5 Å². The predicted octanol–water partition coefficient (Wildman–Crippen LogP) is 1.52. The minimum atomic E-state index is -0.371. The summed E-state index contributed by atoms with van der Waals surface area (Å²) >= 11 is 0. The summed E-state index contributed by atoms with van der Waals surface area (Å²) in [6.07, 6.45) is 3.58. The van der Waals surface area contributed by atoms with E-state index in [-0.39, 0.29) is 11.5 Å². The van der Waals surface area contributed by atoms with Crippen LogP contribution in [-0.4, -0.2) is 41.2 Å². The third-order valence-corrected chi connectivity index (χ3v) is 3.60. The van der Waals surface area contributed by atoms with E-state index in [1.807, 2.05) is 0 Å². The van der Waals surface area contributed by atoms with Crippen LogP contribution in [0, 0.1) is 6.92 Å². The molecule has 0 atom stereocenters. The zero-order valence-corrected chi connectivity index (χ0v) is 12.3. The fourth-order valence-corrected chi connectivity index (χ4v) is 2.31. The number of piperidine rings is 1. The molecule has 1 aromatic rings. The number of carbonyl (C=O) groups is 1. The van der Waals surface area contributed by atoms with Crippen molar-refractivity contribution in [2.75, 3.05) is 25.0 Å². The second kappa shape index (κ2) is 6.17. The van der Waals surface area contributed by atoms with E-state index < -0.39 is 0 Å². The van der Waals surface area contributed by atoms with Crippen molar-refractivity contribution < 1.29 is 9.53 Å². The van der Waals surface area contributed by atoms with Crippen LogP contribution in [0.1, 0.15) is 42.7 Å². The van der Waals surface area contributed by atoms with Gasteiger partial charge in [-0.15, -0.1) is 0 Å². The molecule has 6 nitrogen and oxygen atoms in total. The Morgan fingerprint density at radius 2 is 2.20 bits per heavy atom. The molecular formula is C14H22N4O2. The van der Waals surface area contributed by atoms with Crippen molar-refractivity contribution in [3.05, 3.63) is 17.5 Å². The molecule has 1 aromatic heterocycles. The highest BCUT2D eigenvalue weighted by molar-refractivity contribution is 5.90. The van der Waals surface area contributed by atoms with Crippen molar-refractivity contribution in [1.29, 1.82) is 0 Å². The molecule has 0 spiro atoms. The van der Waals surface area contributed by atoms with Gasteiger partial charge in [-0.2, -0.15) is 0 Å². The molecule has 2 N–H and O–H groups in total. The first kappa shape index (κ1) is 14.7. The Balaban J connectivity index is 2.10. The monoisotopic (exact) mass is 278 g/mol. The predicted molar refractivity (Wildman–Crippen MR) is 76.9 cm³/mol. The zero-order chi connectivity index (χ0) is 14.6. The van der Waals surface area contributed by atoms with Crippen molar-refractivity contribution in [2.24, 2.45) is 0 Å². The van der Waals surface area contributed by atoms with Crippen LogP contribution in [0.15, 0.2) is 6.20 Å². The van der Waals surface area contributed by atoms with E-state index in [4.69, 9.17) is 4.74 Å². The first-order valence-electron chi connectivity index (χ1n) is 7.04. The number of nitrogens with zero attached hydrogens (tertiary/aromatic N) is 2. The lowest BCUT2D eigenvalue weighted by Crippen LogP contribution is -2.45. The highest BCUT2D eigenvalue weighted by Gasteiger charge is 2.27. The van der Waals surface area contributed by atoms with E-state index in [1.165, 1.54) is 6.20 Å². The molecule has 0 amide bonds. The molecule has 0 aromatic carbocycles. The average molecular weight is 278 g/mol. The molecule has 1 fully saturated rings. The maximum atomic E-state index is 11.7. The molecule has 0 radical (unpaired) electrons. The second-order valence-corrected chi connectivity index (χ2v) is 5.35. The molecule has 1 saturated heterocycles. The number of rotatable bonds is 4. The molecule has 2 heterocycles. The summed E-state index contributed by atoms with van der Waals surface area (Å²) in [5, 5.41) is 6.72. The van der Waals surface area contributed by atoms with Crippen molar-refractivity contribution in [3.8, 4) is 0 Å². The Kier molecular flexibility index (Phi) is 4.54. The Morgan fingerprint density at radius 1 is 1.50 bits per heavy atom. The molecule has 1 aliphatic rings. The van der Waals surface area contributed by atoms with Gasteiger partial charge < -0.3 is 15.4 Å². The molecule has 6 heteroatoms. The number of nitrogens with one attached hydrogen (secondary N) is 2. The van der Waals surface area contributed by atoms with E-state index in [0.29, 0.717) is 23.8 Å². The minimum absolute atomic E-state index is 0.00311. The third-order valence-electron chi connectivity index (χ3n) is 3.60. The largest absolute Gasteiger partial charge is 0.462 e. The van der Waals surface area contributed by atoms with Gasteiger partial charge in [0, 0.05) is 11.7 Å². The summed E-state index contributed by atoms with van der Waals surface area (Å²) in [7, 11) is 0. The van der Waals surface area contributed by atoms with Crippen molar-refractivity contribution in [1.82, 2.24) is 15.3 Å². The lowest BCUT2D eigenvalue weighted by atomic mass is 9.91. The first-order valence-corrected chi connectivity index (χ1v) is 7.04. The number of carbonyl (C=O) groups excluding carboxylic acids is 1. The van der Waals surface area contributed by atoms with Gasteiger partial charge in [0.05, 0.1) is 17.9 Å². The van der Waals surface area contributed by atoms with E-state index in [0.717, 1.165) is 25.9 Å². The summed E-state index contributed by atoms with van der Waals surface area (Å²) < 4.78 is 4.97. The molecular weight excluding hydrogens is 256 g/mol. The maximum Gasteiger partial charge on any atom is 0.341 e. The summed E-state index contributed by atoms with van der Waals surface area (Å²) in [6.45, 7) is 8.08. The van der Waals surface area contributed by atoms with Crippen LogP contribution in [0.4, 0.5) is 5.95 Å². The zero-order valence-electron chi connectivity index (χ0n) is 12.3. The standard InChI is InChI=1S/C14H22N4O2/c1-4-20-12(19)11-9-16-13(17-10(11)2)18-14(3)5-7-15-8-6-14/h9,15H,4-8H2,1-3H3,(H,16,17,18). The van der Waals surface area contributed by atoms with Crippen LogP contribution >= 0.6 is 0 Å². The van der Waals surface area contributed by atoms with Gasteiger partial charge in [-0.3, -0.25) is 0 Å². The van der Waals surface area contributed by atoms with Gasteiger partial charge in [0.25, 0.3) is 0 Å². The second-order valence-electron chi connectivity index (χ2n) is 5.35. The lowest BCUT2D eigenvalue weighted by molar-refractivity contribution is 0.0524.